The molecule has 1 aliphatic heterocycles. The third kappa shape index (κ3) is 6.44. The van der Waals surface area contributed by atoms with Gasteiger partial charge in [0.15, 0.2) is 0 Å². The van der Waals surface area contributed by atoms with Crippen LogP contribution in [0.4, 0.5) is 11.5 Å². The van der Waals surface area contributed by atoms with Crippen LogP contribution in [0.15, 0.2) is 79.1 Å². The van der Waals surface area contributed by atoms with Crippen LogP contribution in [0, 0.1) is 0 Å². The lowest BCUT2D eigenvalue weighted by Crippen LogP contribution is -2.38. The number of nitrogens with one attached hydrogen (secondary N) is 1. The minimum atomic E-state index is -0.618. The Morgan fingerprint density at radius 1 is 0.914 bits per heavy atom. The number of hydrogen-bond acceptors (Lipinski definition) is 6. The summed E-state index contributed by atoms with van der Waals surface area (Å²) in [6, 6.07) is 24.5. The van der Waals surface area contributed by atoms with E-state index in [1.54, 1.807) is 6.33 Å². The lowest BCUT2D eigenvalue weighted by atomic mass is 10.1. The first-order chi connectivity index (χ1) is 17.2. The van der Waals surface area contributed by atoms with Crippen LogP contribution in [0.25, 0.3) is 10.9 Å². The molecule has 180 valence electrons. The van der Waals surface area contributed by atoms with Crippen LogP contribution in [0.2, 0.25) is 0 Å². The summed E-state index contributed by atoms with van der Waals surface area (Å²) < 4.78 is 17.4. The number of aryl methyl sites for hydroxylation is 1. The summed E-state index contributed by atoms with van der Waals surface area (Å²) >= 11 is 0. The van der Waals surface area contributed by atoms with Gasteiger partial charge in [-0.2, -0.15) is 0 Å². The highest BCUT2D eigenvalue weighted by Gasteiger charge is 2.14. The lowest BCUT2D eigenvalue weighted by molar-refractivity contribution is 0.296. The molecule has 1 N–H and O–H groups in total. The van der Waals surface area contributed by atoms with E-state index in [1.165, 1.54) is 5.56 Å². The Labute approximate surface area is 208 Å². The number of rotatable bonds is 9. The normalized spacial score (nSPS) is 14.7. The van der Waals surface area contributed by atoms with Gasteiger partial charge in [0, 0.05) is 46.5 Å². The molecule has 4 aromatic rings. The minimum Gasteiger partial charge on any atom is -0.489 e. The number of aromatic nitrogens is 2. The van der Waals surface area contributed by atoms with Crippen LogP contribution < -0.4 is 10.1 Å². The smallest absolute Gasteiger partial charge is 0.141 e. The number of anilines is 2. The zero-order valence-electron chi connectivity index (χ0n) is 19.7. The lowest BCUT2D eigenvalue weighted by Gasteiger charge is -2.25. The molecule has 0 radical (unpaired) electrons. The Hall–Kier alpha value is -3.29. The maximum atomic E-state index is 11.6. The van der Waals surface area contributed by atoms with E-state index in [-0.39, 0.29) is 0 Å². The number of ether oxygens (including phenoxy) is 1. The predicted octanol–water partition coefficient (Wildman–Crippen LogP) is 4.95. The molecule has 2 heterocycles. The molecule has 0 amide bonds. The number of benzene rings is 3. The second kappa shape index (κ2) is 11.4. The Bertz CT molecular complexity index is 1270. The van der Waals surface area contributed by atoms with Crippen LogP contribution in [0.3, 0.4) is 0 Å². The maximum absolute atomic E-state index is 11.6. The van der Waals surface area contributed by atoms with Crippen LogP contribution in [0.1, 0.15) is 17.5 Å². The zero-order valence-corrected chi connectivity index (χ0v) is 20.5. The van der Waals surface area contributed by atoms with Crippen molar-refractivity contribution in [3.63, 3.8) is 0 Å². The van der Waals surface area contributed by atoms with Crippen LogP contribution in [-0.2, 0) is 23.8 Å². The van der Waals surface area contributed by atoms with Crippen molar-refractivity contribution in [1.29, 1.82) is 0 Å². The highest BCUT2D eigenvalue weighted by atomic mass is 32.2. The van der Waals surface area contributed by atoms with Crippen LogP contribution in [0.5, 0.6) is 5.75 Å². The summed E-state index contributed by atoms with van der Waals surface area (Å²) in [5.74, 6) is 3.24. The van der Waals surface area contributed by atoms with E-state index < -0.39 is 10.8 Å². The molecule has 1 aliphatic rings. The first-order valence-corrected chi connectivity index (χ1v) is 13.6. The van der Waals surface area contributed by atoms with Crippen molar-refractivity contribution in [3.05, 3.63) is 90.3 Å². The highest BCUT2D eigenvalue weighted by Crippen LogP contribution is 2.26. The number of hydrogen-bond donors (Lipinski definition) is 1. The summed E-state index contributed by atoms with van der Waals surface area (Å²) in [6.45, 7) is 3.49. The van der Waals surface area contributed by atoms with Crippen molar-refractivity contribution in [3.8, 4) is 5.75 Å². The quantitative estimate of drug-likeness (QED) is 0.361. The predicted molar refractivity (Wildman–Crippen MR) is 143 cm³/mol. The van der Waals surface area contributed by atoms with Crippen molar-refractivity contribution >= 4 is 33.2 Å². The Balaban J connectivity index is 1.21. The van der Waals surface area contributed by atoms with Gasteiger partial charge >= 0.3 is 0 Å². The Kier molecular flexibility index (Phi) is 7.66. The summed E-state index contributed by atoms with van der Waals surface area (Å²) in [4.78, 5) is 11.4. The van der Waals surface area contributed by atoms with E-state index in [0.717, 1.165) is 77.7 Å². The van der Waals surface area contributed by atoms with Gasteiger partial charge in [0.25, 0.3) is 0 Å². The minimum absolute atomic E-state index is 0.546. The number of fused-ring (bicyclic) bond motifs is 1. The van der Waals surface area contributed by atoms with Crippen molar-refractivity contribution in [2.45, 2.75) is 19.4 Å². The first kappa shape index (κ1) is 23.5. The molecule has 0 spiro atoms. The molecule has 5 rings (SSSR count). The molecule has 6 nitrogen and oxygen atoms in total. The monoisotopic (exact) mass is 486 g/mol. The molecular formula is C28H30N4O2S. The summed E-state index contributed by atoms with van der Waals surface area (Å²) in [5, 5.41) is 4.46. The van der Waals surface area contributed by atoms with E-state index in [0.29, 0.717) is 6.61 Å². The van der Waals surface area contributed by atoms with Gasteiger partial charge in [-0.05, 0) is 66.9 Å². The molecule has 1 saturated heterocycles. The van der Waals surface area contributed by atoms with E-state index >= 15 is 0 Å². The molecule has 7 heteroatoms. The molecular weight excluding hydrogens is 456 g/mol. The fourth-order valence-corrected chi connectivity index (χ4v) is 5.40. The van der Waals surface area contributed by atoms with Crippen LogP contribution >= 0.6 is 0 Å². The largest absolute Gasteiger partial charge is 0.489 e. The van der Waals surface area contributed by atoms with Gasteiger partial charge < -0.3 is 15.0 Å². The van der Waals surface area contributed by atoms with E-state index in [9.17, 15) is 4.21 Å². The number of nitrogens with zero attached hydrogens (tertiary/aromatic N) is 3. The van der Waals surface area contributed by atoms with Gasteiger partial charge in [-0.25, -0.2) is 9.97 Å². The van der Waals surface area contributed by atoms with E-state index in [1.807, 2.05) is 42.5 Å². The molecule has 0 saturated carbocycles. The van der Waals surface area contributed by atoms with Gasteiger partial charge in [0.05, 0.1) is 5.52 Å². The molecule has 0 bridgehead atoms. The topological polar surface area (TPSA) is 67.4 Å². The van der Waals surface area contributed by atoms with Crippen molar-refractivity contribution in [1.82, 2.24) is 14.9 Å². The summed E-state index contributed by atoms with van der Waals surface area (Å²) in [6.07, 6.45) is 3.68. The van der Waals surface area contributed by atoms with Crippen molar-refractivity contribution in [2.24, 2.45) is 0 Å². The zero-order chi connectivity index (χ0) is 23.9. The Morgan fingerprint density at radius 3 is 2.51 bits per heavy atom. The van der Waals surface area contributed by atoms with Crippen molar-refractivity contribution < 1.29 is 8.95 Å². The first-order valence-electron chi connectivity index (χ1n) is 12.1. The molecule has 1 aromatic heterocycles. The third-order valence-electron chi connectivity index (χ3n) is 6.28. The van der Waals surface area contributed by atoms with Gasteiger partial charge in [0.2, 0.25) is 0 Å². The fourth-order valence-electron chi connectivity index (χ4n) is 4.28. The van der Waals surface area contributed by atoms with Gasteiger partial charge in [-0.1, -0.05) is 36.4 Å². The highest BCUT2D eigenvalue weighted by molar-refractivity contribution is 7.85. The average Bonchev–Trinajstić information content (AvgIpc) is 2.90. The van der Waals surface area contributed by atoms with Gasteiger partial charge in [-0.15, -0.1) is 0 Å². The molecule has 3 aromatic carbocycles. The average molecular weight is 487 g/mol. The SMILES string of the molecule is O=S1CCN(CCCc2ccc3ncnc(Nc4ccc(OCc5ccccc5)cc4)c3c2)CC1. The molecule has 1 fully saturated rings. The molecule has 0 aliphatic carbocycles. The summed E-state index contributed by atoms with van der Waals surface area (Å²) in [5.41, 5.74) is 4.29. The summed E-state index contributed by atoms with van der Waals surface area (Å²) in [7, 11) is -0.618. The Morgan fingerprint density at radius 2 is 1.71 bits per heavy atom. The molecule has 0 atom stereocenters. The third-order valence-corrected chi connectivity index (χ3v) is 7.55. The standard InChI is InChI=1S/C28H30N4O2S/c33-35-17-15-32(16-18-35)14-4-7-22-8-13-27-26(19-22)28(30-21-29-27)31-24-9-11-25(12-10-24)34-20-23-5-2-1-3-6-23/h1-3,5-6,8-13,19,21H,4,7,14-18,20H2,(H,29,30,31). The van der Waals surface area contributed by atoms with E-state index in [4.69, 9.17) is 4.74 Å². The fraction of sp³-hybridized carbons (Fsp3) is 0.286. The van der Waals surface area contributed by atoms with Crippen LogP contribution in [-0.4, -0.2) is 50.2 Å². The second-order valence-electron chi connectivity index (χ2n) is 8.79. The second-order valence-corrected chi connectivity index (χ2v) is 10.5. The van der Waals surface area contributed by atoms with E-state index in [2.05, 4.69) is 50.5 Å². The van der Waals surface area contributed by atoms with Crippen molar-refractivity contribution in [2.75, 3.05) is 36.5 Å². The van der Waals surface area contributed by atoms with Gasteiger partial charge in [0.1, 0.15) is 24.5 Å². The molecule has 35 heavy (non-hydrogen) atoms. The van der Waals surface area contributed by atoms with Gasteiger partial charge in [-0.3, -0.25) is 4.21 Å². The molecule has 0 unspecified atom stereocenters. The maximum Gasteiger partial charge on any atom is 0.141 e.